The van der Waals surface area contributed by atoms with E-state index in [4.69, 9.17) is 4.74 Å². The van der Waals surface area contributed by atoms with Crippen molar-refractivity contribution >= 4 is 0 Å². The molecule has 2 aromatic rings. The number of nitrogens with one attached hydrogen (secondary N) is 1. The molecule has 100 valence electrons. The van der Waals surface area contributed by atoms with Crippen molar-refractivity contribution in [3.8, 4) is 5.75 Å². The van der Waals surface area contributed by atoms with E-state index in [9.17, 15) is 4.39 Å². The second-order valence-electron chi connectivity index (χ2n) is 4.01. The lowest BCUT2D eigenvalue weighted by molar-refractivity contribution is 0.410. The number of halogens is 1. The molecular formula is C14H16FN3O. The van der Waals surface area contributed by atoms with Crippen LogP contribution < -0.4 is 10.1 Å². The number of methoxy groups -OCH3 is 1. The van der Waals surface area contributed by atoms with Crippen LogP contribution in [0.5, 0.6) is 5.75 Å². The number of nitrogens with zero attached hydrogens (tertiary/aromatic N) is 2. The Morgan fingerprint density at radius 1 is 1.37 bits per heavy atom. The molecule has 1 aromatic heterocycles. The van der Waals surface area contributed by atoms with E-state index in [0.29, 0.717) is 17.9 Å². The topological polar surface area (TPSA) is 47.0 Å². The van der Waals surface area contributed by atoms with E-state index in [1.54, 1.807) is 24.4 Å². The van der Waals surface area contributed by atoms with Crippen LogP contribution in [0.4, 0.5) is 4.39 Å². The van der Waals surface area contributed by atoms with Crippen LogP contribution in [0.15, 0.2) is 36.8 Å². The molecular weight excluding hydrogens is 245 g/mol. The summed E-state index contributed by atoms with van der Waals surface area (Å²) < 4.78 is 19.1. The highest BCUT2D eigenvalue weighted by atomic mass is 19.1. The predicted molar refractivity (Wildman–Crippen MR) is 70.5 cm³/mol. The van der Waals surface area contributed by atoms with Crippen molar-refractivity contribution < 1.29 is 9.13 Å². The molecule has 0 radical (unpaired) electrons. The zero-order chi connectivity index (χ0) is 13.7. The predicted octanol–water partition coefficient (Wildman–Crippen LogP) is 2.32. The Labute approximate surface area is 111 Å². The molecule has 1 N–H and O–H groups in total. The van der Waals surface area contributed by atoms with E-state index in [0.717, 1.165) is 5.69 Å². The van der Waals surface area contributed by atoms with Crippen LogP contribution in [0.25, 0.3) is 0 Å². The molecule has 0 amide bonds. The maximum Gasteiger partial charge on any atom is 0.132 e. The average molecular weight is 261 g/mol. The molecule has 0 saturated carbocycles. The molecule has 19 heavy (non-hydrogen) atoms. The van der Waals surface area contributed by atoms with Crippen LogP contribution in [-0.2, 0) is 0 Å². The SMILES string of the molecule is CCNC(c1ccncn1)c1ccc(OC)cc1F. The normalized spacial score (nSPS) is 12.2. The van der Waals surface area contributed by atoms with Crippen molar-refractivity contribution in [2.75, 3.05) is 13.7 Å². The Morgan fingerprint density at radius 2 is 2.21 bits per heavy atom. The molecule has 2 rings (SSSR count). The second kappa shape index (κ2) is 6.24. The molecule has 1 atom stereocenters. The van der Waals surface area contributed by atoms with Gasteiger partial charge in [0, 0.05) is 17.8 Å². The van der Waals surface area contributed by atoms with E-state index in [-0.39, 0.29) is 11.9 Å². The summed E-state index contributed by atoms with van der Waals surface area (Å²) in [5.41, 5.74) is 1.28. The van der Waals surface area contributed by atoms with Crippen molar-refractivity contribution in [3.05, 3.63) is 53.9 Å². The average Bonchev–Trinajstić information content (AvgIpc) is 2.46. The molecule has 1 unspecified atom stereocenters. The van der Waals surface area contributed by atoms with Crippen LogP contribution >= 0.6 is 0 Å². The number of ether oxygens (including phenoxy) is 1. The number of aromatic nitrogens is 2. The smallest absolute Gasteiger partial charge is 0.132 e. The van der Waals surface area contributed by atoms with Gasteiger partial charge in [-0.1, -0.05) is 13.0 Å². The fraction of sp³-hybridized carbons (Fsp3) is 0.286. The Kier molecular flexibility index (Phi) is 4.41. The van der Waals surface area contributed by atoms with Gasteiger partial charge in [0.2, 0.25) is 0 Å². The van der Waals surface area contributed by atoms with Crippen LogP contribution in [0.2, 0.25) is 0 Å². The number of hydrogen-bond donors (Lipinski definition) is 1. The van der Waals surface area contributed by atoms with E-state index in [1.165, 1.54) is 19.5 Å². The molecule has 0 spiro atoms. The van der Waals surface area contributed by atoms with Gasteiger partial charge in [-0.2, -0.15) is 0 Å². The van der Waals surface area contributed by atoms with Crippen molar-refractivity contribution in [2.45, 2.75) is 13.0 Å². The number of rotatable bonds is 5. The number of hydrogen-bond acceptors (Lipinski definition) is 4. The van der Waals surface area contributed by atoms with Gasteiger partial charge in [-0.15, -0.1) is 0 Å². The summed E-state index contributed by atoms with van der Waals surface area (Å²) in [5, 5.41) is 3.22. The first-order valence-corrected chi connectivity index (χ1v) is 6.09. The minimum Gasteiger partial charge on any atom is -0.497 e. The summed E-state index contributed by atoms with van der Waals surface area (Å²) in [7, 11) is 1.51. The zero-order valence-corrected chi connectivity index (χ0v) is 10.9. The van der Waals surface area contributed by atoms with Crippen molar-refractivity contribution in [1.29, 1.82) is 0 Å². The van der Waals surface area contributed by atoms with E-state index in [1.807, 2.05) is 6.92 Å². The van der Waals surface area contributed by atoms with Crippen LogP contribution in [0, 0.1) is 5.82 Å². The largest absolute Gasteiger partial charge is 0.497 e. The monoisotopic (exact) mass is 261 g/mol. The summed E-state index contributed by atoms with van der Waals surface area (Å²) in [4.78, 5) is 8.06. The third-order valence-electron chi connectivity index (χ3n) is 2.83. The fourth-order valence-corrected chi connectivity index (χ4v) is 1.92. The van der Waals surface area contributed by atoms with Crippen LogP contribution in [-0.4, -0.2) is 23.6 Å². The third kappa shape index (κ3) is 3.06. The highest BCUT2D eigenvalue weighted by molar-refractivity contribution is 5.34. The first-order chi connectivity index (χ1) is 9.26. The number of benzene rings is 1. The van der Waals surface area contributed by atoms with E-state index >= 15 is 0 Å². The Balaban J connectivity index is 2.39. The molecule has 1 aromatic carbocycles. The molecule has 0 saturated heterocycles. The van der Waals surface area contributed by atoms with E-state index in [2.05, 4.69) is 15.3 Å². The lowest BCUT2D eigenvalue weighted by Crippen LogP contribution is -2.24. The van der Waals surface area contributed by atoms with Crippen molar-refractivity contribution in [2.24, 2.45) is 0 Å². The Morgan fingerprint density at radius 3 is 2.79 bits per heavy atom. The fourth-order valence-electron chi connectivity index (χ4n) is 1.92. The lowest BCUT2D eigenvalue weighted by atomic mass is 10.0. The van der Waals surface area contributed by atoms with Gasteiger partial charge in [0.1, 0.15) is 17.9 Å². The van der Waals surface area contributed by atoms with Gasteiger partial charge in [0.15, 0.2) is 0 Å². The molecule has 0 bridgehead atoms. The van der Waals surface area contributed by atoms with Gasteiger partial charge in [-0.3, -0.25) is 0 Å². The summed E-state index contributed by atoms with van der Waals surface area (Å²) >= 11 is 0. The van der Waals surface area contributed by atoms with Gasteiger partial charge >= 0.3 is 0 Å². The summed E-state index contributed by atoms with van der Waals surface area (Å²) in [6, 6.07) is 6.31. The molecule has 5 heteroatoms. The highest BCUT2D eigenvalue weighted by Gasteiger charge is 2.18. The summed E-state index contributed by atoms with van der Waals surface area (Å²) in [5.74, 6) is 0.183. The van der Waals surface area contributed by atoms with Gasteiger partial charge in [0.05, 0.1) is 18.8 Å². The molecule has 0 aliphatic carbocycles. The van der Waals surface area contributed by atoms with Gasteiger partial charge in [-0.25, -0.2) is 14.4 Å². The zero-order valence-electron chi connectivity index (χ0n) is 10.9. The maximum atomic E-state index is 14.1. The molecule has 1 heterocycles. The highest BCUT2D eigenvalue weighted by Crippen LogP contribution is 2.25. The minimum atomic E-state index is -0.316. The van der Waals surface area contributed by atoms with Crippen molar-refractivity contribution in [1.82, 2.24) is 15.3 Å². The lowest BCUT2D eigenvalue weighted by Gasteiger charge is -2.18. The first-order valence-electron chi connectivity index (χ1n) is 6.09. The summed E-state index contributed by atoms with van der Waals surface area (Å²) in [6.45, 7) is 2.68. The van der Waals surface area contributed by atoms with Crippen molar-refractivity contribution in [3.63, 3.8) is 0 Å². The second-order valence-corrected chi connectivity index (χ2v) is 4.01. The molecule has 0 aliphatic heterocycles. The first kappa shape index (κ1) is 13.4. The van der Waals surface area contributed by atoms with Gasteiger partial charge in [-0.05, 0) is 18.7 Å². The minimum absolute atomic E-state index is 0.293. The Hall–Kier alpha value is -2.01. The van der Waals surface area contributed by atoms with E-state index < -0.39 is 0 Å². The van der Waals surface area contributed by atoms with Crippen LogP contribution in [0.3, 0.4) is 0 Å². The van der Waals surface area contributed by atoms with Gasteiger partial charge in [0.25, 0.3) is 0 Å². The molecule has 0 aliphatic rings. The third-order valence-corrected chi connectivity index (χ3v) is 2.83. The summed E-state index contributed by atoms with van der Waals surface area (Å²) in [6.07, 6.45) is 3.11. The molecule has 4 nitrogen and oxygen atoms in total. The maximum absolute atomic E-state index is 14.1. The quantitative estimate of drug-likeness (QED) is 0.897. The standard InChI is InChI=1S/C14H16FN3O/c1-3-17-14(13-6-7-16-9-18-13)11-5-4-10(19-2)8-12(11)15/h4-9,14,17H,3H2,1-2H3. The Bertz CT molecular complexity index is 533. The van der Waals surface area contributed by atoms with Gasteiger partial charge < -0.3 is 10.1 Å². The molecule has 0 fully saturated rings. The van der Waals surface area contributed by atoms with Crippen LogP contribution in [0.1, 0.15) is 24.2 Å².